The highest BCUT2D eigenvalue weighted by Gasteiger charge is 2.48. The fraction of sp³-hybridized carbons (Fsp3) is 0.778. The molecule has 0 aromatic heterocycles. The van der Waals surface area contributed by atoms with E-state index in [1.807, 2.05) is 11.1 Å². The third-order valence-corrected chi connectivity index (χ3v) is 9.57. The molecular weight excluding hydrogens is 324 g/mol. The largest absolute Gasteiger partial charge is 0.103 e. The second kappa shape index (κ2) is 7.23. The average molecular weight is 367 g/mol. The van der Waals surface area contributed by atoms with Crippen molar-refractivity contribution in [1.29, 1.82) is 0 Å². The first-order chi connectivity index (χ1) is 12.9. The standard InChI is InChI=1S/C27H42/c1-6-9-25-23(11-10-21-18-19(2)14-17-27(21,25)5)22-12-13-24(20(22)3)26(4)15-7-8-16-26/h6,10,19,23-25H,1,7-9,11-18H2,2-5H3. The van der Waals surface area contributed by atoms with Crippen LogP contribution < -0.4 is 0 Å². The van der Waals surface area contributed by atoms with Crippen LogP contribution in [0.25, 0.3) is 0 Å². The van der Waals surface area contributed by atoms with Crippen LogP contribution in [0.2, 0.25) is 0 Å². The van der Waals surface area contributed by atoms with Crippen molar-refractivity contribution in [3.63, 3.8) is 0 Å². The van der Waals surface area contributed by atoms with Crippen molar-refractivity contribution in [2.24, 2.45) is 34.5 Å². The molecule has 2 fully saturated rings. The molecule has 2 saturated carbocycles. The Morgan fingerprint density at radius 2 is 1.89 bits per heavy atom. The van der Waals surface area contributed by atoms with Crippen LogP contribution in [0.5, 0.6) is 0 Å². The van der Waals surface area contributed by atoms with Crippen LogP contribution >= 0.6 is 0 Å². The summed E-state index contributed by atoms with van der Waals surface area (Å²) in [6.45, 7) is 14.3. The molecule has 4 aliphatic carbocycles. The Bertz CT molecular complexity index is 641. The van der Waals surface area contributed by atoms with Gasteiger partial charge in [-0.1, -0.05) is 62.5 Å². The summed E-state index contributed by atoms with van der Waals surface area (Å²) in [5.74, 6) is 3.30. The topological polar surface area (TPSA) is 0 Å². The van der Waals surface area contributed by atoms with Gasteiger partial charge in [0.25, 0.3) is 0 Å². The van der Waals surface area contributed by atoms with Gasteiger partial charge in [-0.3, -0.25) is 0 Å². The molecular formula is C27H42. The minimum atomic E-state index is 0.423. The van der Waals surface area contributed by atoms with E-state index in [2.05, 4.69) is 46.4 Å². The van der Waals surface area contributed by atoms with E-state index in [4.69, 9.17) is 0 Å². The van der Waals surface area contributed by atoms with Crippen LogP contribution in [-0.2, 0) is 0 Å². The zero-order valence-electron chi connectivity index (χ0n) is 18.4. The molecule has 27 heavy (non-hydrogen) atoms. The SMILES string of the molecule is C=CCC1C(C2=C(C)C(C3(C)CCCC3)CC2)CC=C2CC(C)CCC21C. The molecule has 0 saturated heterocycles. The lowest BCUT2D eigenvalue weighted by molar-refractivity contribution is 0.110. The van der Waals surface area contributed by atoms with Gasteiger partial charge in [0.2, 0.25) is 0 Å². The predicted molar refractivity (Wildman–Crippen MR) is 118 cm³/mol. The summed E-state index contributed by atoms with van der Waals surface area (Å²) >= 11 is 0. The predicted octanol–water partition coefficient (Wildman–Crippen LogP) is 8.26. The Kier molecular flexibility index (Phi) is 5.23. The average Bonchev–Trinajstić information content (AvgIpc) is 3.24. The van der Waals surface area contributed by atoms with Gasteiger partial charge in [0, 0.05) is 0 Å². The molecule has 0 spiro atoms. The molecule has 0 heteroatoms. The van der Waals surface area contributed by atoms with Crippen LogP contribution in [0.1, 0.15) is 98.3 Å². The zero-order chi connectivity index (χ0) is 19.2. The van der Waals surface area contributed by atoms with Crippen molar-refractivity contribution in [2.75, 3.05) is 0 Å². The monoisotopic (exact) mass is 366 g/mol. The maximum Gasteiger partial charge on any atom is -0.00792 e. The van der Waals surface area contributed by atoms with Gasteiger partial charge in [-0.2, -0.15) is 0 Å². The highest BCUT2D eigenvalue weighted by molar-refractivity contribution is 5.32. The number of rotatable bonds is 4. The molecule has 0 N–H and O–H groups in total. The van der Waals surface area contributed by atoms with E-state index in [9.17, 15) is 0 Å². The molecule has 0 bridgehead atoms. The highest BCUT2D eigenvalue weighted by Crippen LogP contribution is 2.60. The number of hydrogen-bond acceptors (Lipinski definition) is 0. The molecule has 0 aromatic rings. The number of hydrogen-bond donors (Lipinski definition) is 0. The minimum Gasteiger partial charge on any atom is -0.103 e. The van der Waals surface area contributed by atoms with Crippen LogP contribution in [0.4, 0.5) is 0 Å². The first kappa shape index (κ1) is 19.5. The van der Waals surface area contributed by atoms with Gasteiger partial charge in [-0.15, -0.1) is 6.58 Å². The van der Waals surface area contributed by atoms with Crippen molar-refractivity contribution in [2.45, 2.75) is 98.3 Å². The maximum atomic E-state index is 4.17. The van der Waals surface area contributed by atoms with Crippen molar-refractivity contribution >= 4 is 0 Å². The maximum absolute atomic E-state index is 4.17. The smallest absolute Gasteiger partial charge is 0.00792 e. The van der Waals surface area contributed by atoms with Crippen LogP contribution in [0.3, 0.4) is 0 Å². The Morgan fingerprint density at radius 1 is 1.15 bits per heavy atom. The molecule has 0 heterocycles. The highest BCUT2D eigenvalue weighted by atomic mass is 14.5. The van der Waals surface area contributed by atoms with Gasteiger partial charge in [0.1, 0.15) is 0 Å². The first-order valence-corrected chi connectivity index (χ1v) is 11.9. The zero-order valence-corrected chi connectivity index (χ0v) is 18.4. The summed E-state index contributed by atoms with van der Waals surface area (Å²) in [6.07, 6.45) is 20.2. The fourth-order valence-corrected chi connectivity index (χ4v) is 7.84. The lowest BCUT2D eigenvalue weighted by Gasteiger charge is -2.51. The normalized spacial score (nSPS) is 41.4. The Balaban J connectivity index is 1.66. The van der Waals surface area contributed by atoms with Gasteiger partial charge in [-0.25, -0.2) is 0 Å². The third kappa shape index (κ3) is 3.20. The van der Waals surface area contributed by atoms with Crippen molar-refractivity contribution < 1.29 is 0 Å². The summed E-state index contributed by atoms with van der Waals surface area (Å²) in [7, 11) is 0. The van der Waals surface area contributed by atoms with Gasteiger partial charge >= 0.3 is 0 Å². The lowest BCUT2D eigenvalue weighted by Crippen LogP contribution is -2.41. The first-order valence-electron chi connectivity index (χ1n) is 11.9. The van der Waals surface area contributed by atoms with Crippen molar-refractivity contribution in [3.8, 4) is 0 Å². The molecule has 5 atom stereocenters. The Labute approximate surface area is 168 Å². The number of fused-ring (bicyclic) bond motifs is 1. The summed E-state index contributed by atoms with van der Waals surface area (Å²) in [5, 5.41) is 0. The fourth-order valence-electron chi connectivity index (χ4n) is 7.84. The van der Waals surface area contributed by atoms with E-state index in [1.54, 1.807) is 5.57 Å². The van der Waals surface area contributed by atoms with Gasteiger partial charge in [0.05, 0.1) is 0 Å². The molecule has 0 amide bonds. The lowest BCUT2D eigenvalue weighted by atomic mass is 9.53. The molecule has 0 radical (unpaired) electrons. The Hall–Kier alpha value is -0.780. The molecule has 150 valence electrons. The summed E-state index contributed by atoms with van der Waals surface area (Å²) in [6, 6.07) is 0. The van der Waals surface area contributed by atoms with E-state index in [0.717, 1.165) is 23.7 Å². The molecule has 4 aliphatic rings. The van der Waals surface area contributed by atoms with E-state index < -0.39 is 0 Å². The number of allylic oxidation sites excluding steroid dienone is 5. The molecule has 5 unspecified atom stereocenters. The third-order valence-electron chi connectivity index (χ3n) is 9.57. The quantitative estimate of drug-likeness (QED) is 0.439. The van der Waals surface area contributed by atoms with E-state index in [0.29, 0.717) is 10.8 Å². The van der Waals surface area contributed by atoms with E-state index in [1.165, 1.54) is 70.6 Å². The van der Waals surface area contributed by atoms with Crippen LogP contribution in [0, 0.1) is 34.5 Å². The summed E-state index contributed by atoms with van der Waals surface area (Å²) < 4.78 is 0. The van der Waals surface area contributed by atoms with E-state index in [-0.39, 0.29) is 0 Å². The van der Waals surface area contributed by atoms with Gasteiger partial charge in [0.15, 0.2) is 0 Å². The van der Waals surface area contributed by atoms with Crippen LogP contribution in [0.15, 0.2) is 35.5 Å². The second-order valence-electron chi connectivity index (χ2n) is 11.1. The summed E-state index contributed by atoms with van der Waals surface area (Å²) in [5.41, 5.74) is 6.49. The summed E-state index contributed by atoms with van der Waals surface area (Å²) in [4.78, 5) is 0. The van der Waals surface area contributed by atoms with E-state index >= 15 is 0 Å². The second-order valence-corrected chi connectivity index (χ2v) is 11.1. The van der Waals surface area contributed by atoms with Crippen molar-refractivity contribution in [1.82, 2.24) is 0 Å². The van der Waals surface area contributed by atoms with Gasteiger partial charge < -0.3 is 0 Å². The molecule has 0 nitrogen and oxygen atoms in total. The van der Waals surface area contributed by atoms with Gasteiger partial charge in [-0.05, 0) is 99.2 Å². The molecule has 0 aromatic carbocycles. The molecule has 4 rings (SSSR count). The molecule has 0 aliphatic heterocycles. The van der Waals surface area contributed by atoms with Crippen molar-refractivity contribution in [3.05, 3.63) is 35.5 Å². The minimum absolute atomic E-state index is 0.423. The Morgan fingerprint density at radius 3 is 2.59 bits per heavy atom. The van der Waals surface area contributed by atoms with Crippen LogP contribution in [-0.4, -0.2) is 0 Å².